The minimum atomic E-state index is 0.371. The Morgan fingerprint density at radius 2 is 1.91 bits per heavy atom. The zero-order valence-corrected chi connectivity index (χ0v) is 11.7. The number of hydrogen-bond donors (Lipinski definition) is 2. The van der Waals surface area contributed by atoms with Gasteiger partial charge in [0.2, 0.25) is 0 Å². The number of anilines is 1. The molecular formula is C16H13N5O. The highest BCUT2D eigenvalue weighted by Crippen LogP contribution is 2.23. The molecule has 4 aromatic rings. The van der Waals surface area contributed by atoms with Gasteiger partial charge in [-0.3, -0.25) is 0 Å². The molecule has 6 heteroatoms. The highest BCUT2D eigenvalue weighted by atomic mass is 16.3. The van der Waals surface area contributed by atoms with Gasteiger partial charge in [0.1, 0.15) is 22.9 Å². The normalized spacial score (nSPS) is 11.1. The molecule has 0 spiro atoms. The molecule has 3 N–H and O–H groups in total. The first-order chi connectivity index (χ1) is 10.8. The van der Waals surface area contributed by atoms with Crippen molar-refractivity contribution in [1.82, 2.24) is 19.9 Å². The number of nitrogens with one attached hydrogen (secondary N) is 1. The highest BCUT2D eigenvalue weighted by molar-refractivity contribution is 5.80. The van der Waals surface area contributed by atoms with Gasteiger partial charge in [0.15, 0.2) is 11.5 Å². The van der Waals surface area contributed by atoms with Crippen LogP contribution in [0.5, 0.6) is 0 Å². The number of hydrogen-bond acceptors (Lipinski definition) is 5. The zero-order chi connectivity index (χ0) is 14.9. The number of H-pyrrole nitrogens is 1. The number of aromatic nitrogens is 4. The van der Waals surface area contributed by atoms with Crippen LogP contribution in [0, 0.1) is 0 Å². The van der Waals surface area contributed by atoms with Gasteiger partial charge in [-0.15, -0.1) is 0 Å². The van der Waals surface area contributed by atoms with Crippen molar-refractivity contribution >= 4 is 17.0 Å². The Balaban J connectivity index is 1.64. The average Bonchev–Trinajstić information content (AvgIpc) is 3.17. The number of aromatic amines is 1. The van der Waals surface area contributed by atoms with E-state index in [-0.39, 0.29) is 0 Å². The summed E-state index contributed by atoms with van der Waals surface area (Å²) in [5.74, 6) is 2.59. The molecule has 0 fully saturated rings. The fraction of sp³-hybridized carbons (Fsp3) is 0.0625. The molecule has 0 atom stereocenters. The Morgan fingerprint density at radius 1 is 1.05 bits per heavy atom. The van der Waals surface area contributed by atoms with Gasteiger partial charge < -0.3 is 15.1 Å². The molecule has 3 aromatic heterocycles. The van der Waals surface area contributed by atoms with E-state index >= 15 is 0 Å². The summed E-state index contributed by atoms with van der Waals surface area (Å²) in [6, 6.07) is 13.8. The van der Waals surface area contributed by atoms with E-state index in [9.17, 15) is 0 Å². The number of nitrogen functional groups attached to an aromatic ring is 1. The summed E-state index contributed by atoms with van der Waals surface area (Å²) in [5.41, 5.74) is 8.15. The van der Waals surface area contributed by atoms with Crippen LogP contribution in [0.25, 0.3) is 22.5 Å². The molecule has 0 bridgehead atoms. The molecule has 0 saturated heterocycles. The predicted octanol–water partition coefficient (Wildman–Crippen LogP) is 2.79. The lowest BCUT2D eigenvalue weighted by atomic mass is 10.2. The fourth-order valence-electron chi connectivity index (χ4n) is 2.37. The number of fused-ring (bicyclic) bond motifs is 1. The van der Waals surface area contributed by atoms with Gasteiger partial charge in [0, 0.05) is 5.56 Å². The van der Waals surface area contributed by atoms with E-state index in [0.29, 0.717) is 29.2 Å². The summed E-state index contributed by atoms with van der Waals surface area (Å²) in [6.45, 7) is 0. The van der Waals surface area contributed by atoms with Crippen molar-refractivity contribution in [2.45, 2.75) is 6.42 Å². The summed E-state index contributed by atoms with van der Waals surface area (Å²) in [6.07, 6.45) is 2.03. The summed E-state index contributed by atoms with van der Waals surface area (Å²) in [5, 5.41) is 0. The van der Waals surface area contributed by atoms with Crippen LogP contribution in [0.4, 0.5) is 5.82 Å². The van der Waals surface area contributed by atoms with E-state index in [0.717, 1.165) is 17.1 Å². The summed E-state index contributed by atoms with van der Waals surface area (Å²) >= 11 is 0. The topological polar surface area (TPSA) is 93.6 Å². The molecule has 0 aliphatic heterocycles. The van der Waals surface area contributed by atoms with Crippen LogP contribution >= 0.6 is 0 Å². The lowest BCUT2D eigenvalue weighted by molar-refractivity contribution is 0.530. The summed E-state index contributed by atoms with van der Waals surface area (Å²) in [4.78, 5) is 15.7. The third-order valence-corrected chi connectivity index (χ3v) is 3.40. The number of nitrogens with zero attached hydrogens (tertiary/aromatic N) is 3. The van der Waals surface area contributed by atoms with Gasteiger partial charge in [-0.05, 0) is 12.1 Å². The molecule has 0 aliphatic rings. The van der Waals surface area contributed by atoms with Gasteiger partial charge >= 0.3 is 0 Å². The van der Waals surface area contributed by atoms with E-state index in [1.165, 1.54) is 0 Å². The van der Waals surface area contributed by atoms with Crippen molar-refractivity contribution in [3.8, 4) is 11.3 Å². The van der Waals surface area contributed by atoms with Crippen molar-refractivity contribution in [1.29, 1.82) is 0 Å². The Hall–Kier alpha value is -3.15. The van der Waals surface area contributed by atoms with Crippen molar-refractivity contribution < 1.29 is 4.42 Å². The first-order valence-electron chi connectivity index (χ1n) is 6.89. The standard InChI is InChI=1S/C16H13N5O/c17-15-14-16(19-9-18-14)21-13(20-15)8-11-6-7-12(22-11)10-4-2-1-3-5-10/h1-7,9H,8H2,(H3,17,18,19,20,21). The molecule has 3 heterocycles. The van der Waals surface area contributed by atoms with Gasteiger partial charge in [-0.2, -0.15) is 0 Å². The van der Waals surface area contributed by atoms with Crippen LogP contribution in [0.2, 0.25) is 0 Å². The second-order valence-electron chi connectivity index (χ2n) is 4.93. The number of rotatable bonds is 3. The third-order valence-electron chi connectivity index (χ3n) is 3.40. The molecule has 0 radical (unpaired) electrons. The molecule has 4 rings (SSSR count). The molecular weight excluding hydrogens is 278 g/mol. The number of furan rings is 1. The van der Waals surface area contributed by atoms with Crippen LogP contribution in [0.3, 0.4) is 0 Å². The third kappa shape index (κ3) is 2.20. The van der Waals surface area contributed by atoms with Crippen LogP contribution in [0.15, 0.2) is 53.2 Å². The molecule has 22 heavy (non-hydrogen) atoms. The minimum Gasteiger partial charge on any atom is -0.461 e. The molecule has 0 amide bonds. The molecule has 6 nitrogen and oxygen atoms in total. The number of nitrogens with two attached hydrogens (primary N) is 1. The van der Waals surface area contributed by atoms with Gasteiger partial charge in [-0.1, -0.05) is 30.3 Å². The summed E-state index contributed by atoms with van der Waals surface area (Å²) < 4.78 is 5.86. The van der Waals surface area contributed by atoms with Crippen LogP contribution in [-0.2, 0) is 6.42 Å². The first-order valence-corrected chi connectivity index (χ1v) is 6.89. The van der Waals surface area contributed by atoms with Crippen LogP contribution in [0.1, 0.15) is 11.6 Å². The maximum Gasteiger partial charge on any atom is 0.163 e. The van der Waals surface area contributed by atoms with Crippen LogP contribution < -0.4 is 5.73 Å². The lowest BCUT2D eigenvalue weighted by Crippen LogP contribution is -2.01. The second-order valence-corrected chi connectivity index (χ2v) is 4.93. The Labute approximate surface area is 126 Å². The number of benzene rings is 1. The Bertz CT molecular complexity index is 926. The maximum atomic E-state index is 5.89. The van der Waals surface area contributed by atoms with E-state index in [4.69, 9.17) is 10.2 Å². The van der Waals surface area contributed by atoms with Crippen molar-refractivity contribution in [3.63, 3.8) is 0 Å². The SMILES string of the molecule is Nc1nc(Cc2ccc(-c3ccccc3)o2)nc2[nH]cnc12. The van der Waals surface area contributed by atoms with E-state index < -0.39 is 0 Å². The van der Waals surface area contributed by atoms with Gasteiger partial charge in [-0.25, -0.2) is 15.0 Å². The van der Waals surface area contributed by atoms with Crippen molar-refractivity contribution in [3.05, 3.63) is 60.4 Å². The molecule has 108 valence electrons. The Morgan fingerprint density at radius 3 is 2.77 bits per heavy atom. The molecule has 0 saturated carbocycles. The highest BCUT2D eigenvalue weighted by Gasteiger charge is 2.10. The minimum absolute atomic E-state index is 0.371. The maximum absolute atomic E-state index is 5.89. The van der Waals surface area contributed by atoms with Crippen molar-refractivity contribution in [2.24, 2.45) is 0 Å². The molecule has 1 aromatic carbocycles. The van der Waals surface area contributed by atoms with E-state index in [1.807, 2.05) is 42.5 Å². The average molecular weight is 291 g/mol. The zero-order valence-electron chi connectivity index (χ0n) is 11.7. The Kier molecular flexibility index (Phi) is 2.86. The summed E-state index contributed by atoms with van der Waals surface area (Å²) in [7, 11) is 0. The smallest absolute Gasteiger partial charge is 0.163 e. The fourth-order valence-corrected chi connectivity index (χ4v) is 2.37. The van der Waals surface area contributed by atoms with Gasteiger partial charge in [0.05, 0.1) is 12.7 Å². The van der Waals surface area contributed by atoms with E-state index in [1.54, 1.807) is 6.33 Å². The first kappa shape index (κ1) is 12.6. The predicted molar refractivity (Wildman–Crippen MR) is 83.0 cm³/mol. The monoisotopic (exact) mass is 291 g/mol. The molecule has 0 unspecified atom stereocenters. The largest absolute Gasteiger partial charge is 0.461 e. The number of imidazole rings is 1. The van der Waals surface area contributed by atoms with Crippen LogP contribution in [-0.4, -0.2) is 19.9 Å². The van der Waals surface area contributed by atoms with Crippen molar-refractivity contribution in [2.75, 3.05) is 5.73 Å². The van der Waals surface area contributed by atoms with Gasteiger partial charge in [0.25, 0.3) is 0 Å². The van der Waals surface area contributed by atoms with E-state index in [2.05, 4.69) is 19.9 Å². The lowest BCUT2D eigenvalue weighted by Gasteiger charge is -2.00. The second kappa shape index (κ2) is 5.00. The quantitative estimate of drug-likeness (QED) is 0.605. The molecule has 0 aliphatic carbocycles.